The first-order chi connectivity index (χ1) is 9.70. The highest BCUT2D eigenvalue weighted by Crippen LogP contribution is 2.09. The first-order valence-electron chi connectivity index (χ1n) is 6.77. The molecule has 1 aromatic heterocycles. The van der Waals surface area contributed by atoms with E-state index in [2.05, 4.69) is 10.4 Å². The lowest BCUT2D eigenvalue weighted by molar-refractivity contribution is 0.0910. The predicted octanol–water partition coefficient (Wildman–Crippen LogP) is 1.76. The summed E-state index contributed by atoms with van der Waals surface area (Å²) < 4.78 is 1.70. The maximum Gasteiger partial charge on any atom is 0.251 e. The van der Waals surface area contributed by atoms with Crippen molar-refractivity contribution >= 4 is 5.91 Å². The number of hydrogen-bond acceptors (Lipinski definition) is 3. The van der Waals surface area contributed by atoms with Crippen LogP contribution in [0.1, 0.15) is 30.1 Å². The average molecular weight is 273 g/mol. The number of aliphatic hydroxyl groups is 1. The SMILES string of the molecule is CCCC(O)CNC(=O)c1cccc(-n2cccn2)c1. The highest BCUT2D eigenvalue weighted by Gasteiger charge is 2.09. The minimum Gasteiger partial charge on any atom is -0.391 e. The Morgan fingerprint density at radius 3 is 3.00 bits per heavy atom. The molecule has 2 aromatic rings. The molecule has 0 spiro atoms. The lowest BCUT2D eigenvalue weighted by Gasteiger charge is -2.11. The second kappa shape index (κ2) is 6.86. The highest BCUT2D eigenvalue weighted by atomic mass is 16.3. The van der Waals surface area contributed by atoms with Gasteiger partial charge >= 0.3 is 0 Å². The Morgan fingerprint density at radius 2 is 2.30 bits per heavy atom. The van der Waals surface area contributed by atoms with Gasteiger partial charge in [-0.25, -0.2) is 4.68 Å². The maximum atomic E-state index is 12.0. The van der Waals surface area contributed by atoms with Gasteiger partial charge in [-0.1, -0.05) is 19.4 Å². The van der Waals surface area contributed by atoms with E-state index in [1.54, 1.807) is 23.0 Å². The Hall–Kier alpha value is -2.14. The third kappa shape index (κ3) is 3.68. The molecular formula is C15H19N3O2. The Labute approximate surface area is 118 Å². The van der Waals surface area contributed by atoms with E-state index in [9.17, 15) is 9.90 Å². The van der Waals surface area contributed by atoms with Gasteiger partial charge in [0.2, 0.25) is 0 Å². The summed E-state index contributed by atoms with van der Waals surface area (Å²) in [6.07, 6.45) is 4.60. The van der Waals surface area contributed by atoms with Crippen molar-refractivity contribution in [1.82, 2.24) is 15.1 Å². The van der Waals surface area contributed by atoms with E-state index in [0.29, 0.717) is 12.0 Å². The molecule has 0 saturated heterocycles. The first kappa shape index (κ1) is 14.3. The van der Waals surface area contributed by atoms with Crippen LogP contribution in [0.25, 0.3) is 5.69 Å². The van der Waals surface area contributed by atoms with Crippen molar-refractivity contribution in [2.24, 2.45) is 0 Å². The van der Waals surface area contributed by atoms with Gasteiger partial charge in [0.25, 0.3) is 5.91 Å². The van der Waals surface area contributed by atoms with Crippen LogP contribution >= 0.6 is 0 Å². The molecule has 2 N–H and O–H groups in total. The Morgan fingerprint density at radius 1 is 1.45 bits per heavy atom. The maximum absolute atomic E-state index is 12.0. The Balaban J connectivity index is 2.02. The van der Waals surface area contributed by atoms with Crippen LogP contribution in [0.2, 0.25) is 0 Å². The van der Waals surface area contributed by atoms with Gasteiger partial charge in [0.1, 0.15) is 0 Å². The molecule has 1 amide bonds. The molecule has 1 aromatic carbocycles. The standard InChI is InChI=1S/C15H19N3O2/c1-2-5-14(19)11-16-15(20)12-6-3-7-13(10-12)18-9-4-8-17-18/h3-4,6-10,14,19H,2,5,11H2,1H3,(H,16,20). The number of hydrogen-bond donors (Lipinski definition) is 2. The number of aliphatic hydroxyl groups excluding tert-OH is 1. The first-order valence-corrected chi connectivity index (χ1v) is 6.77. The fourth-order valence-electron chi connectivity index (χ4n) is 1.96. The second-order valence-electron chi connectivity index (χ2n) is 4.65. The molecule has 5 nitrogen and oxygen atoms in total. The van der Waals surface area contributed by atoms with Gasteiger partial charge in [-0.2, -0.15) is 5.10 Å². The number of nitrogens with one attached hydrogen (secondary N) is 1. The van der Waals surface area contributed by atoms with Gasteiger partial charge < -0.3 is 10.4 Å². The van der Waals surface area contributed by atoms with Crippen molar-refractivity contribution in [3.05, 3.63) is 48.3 Å². The molecule has 0 aliphatic heterocycles. The summed E-state index contributed by atoms with van der Waals surface area (Å²) in [4.78, 5) is 12.0. The largest absolute Gasteiger partial charge is 0.391 e. The Kier molecular flexibility index (Phi) is 4.90. The van der Waals surface area contributed by atoms with Gasteiger partial charge in [0.05, 0.1) is 11.8 Å². The summed E-state index contributed by atoms with van der Waals surface area (Å²) in [5.74, 6) is -0.186. The molecule has 1 heterocycles. The van der Waals surface area contributed by atoms with Gasteiger partial charge in [-0.05, 0) is 30.7 Å². The van der Waals surface area contributed by atoms with E-state index in [4.69, 9.17) is 0 Å². The summed E-state index contributed by atoms with van der Waals surface area (Å²) in [6, 6.07) is 9.04. The van der Waals surface area contributed by atoms with Crippen LogP contribution in [0.5, 0.6) is 0 Å². The normalized spacial score (nSPS) is 12.1. The van der Waals surface area contributed by atoms with Crippen molar-refractivity contribution in [3.8, 4) is 5.69 Å². The van der Waals surface area contributed by atoms with E-state index in [-0.39, 0.29) is 12.5 Å². The summed E-state index contributed by atoms with van der Waals surface area (Å²) in [7, 11) is 0. The van der Waals surface area contributed by atoms with E-state index >= 15 is 0 Å². The second-order valence-corrected chi connectivity index (χ2v) is 4.65. The van der Waals surface area contributed by atoms with Crippen LogP contribution in [0.4, 0.5) is 0 Å². The molecule has 1 unspecified atom stereocenters. The molecule has 0 aliphatic rings. The predicted molar refractivity (Wildman–Crippen MR) is 76.8 cm³/mol. The number of nitrogens with zero attached hydrogens (tertiary/aromatic N) is 2. The minimum atomic E-state index is -0.488. The lowest BCUT2D eigenvalue weighted by Crippen LogP contribution is -2.32. The van der Waals surface area contributed by atoms with Crippen molar-refractivity contribution in [1.29, 1.82) is 0 Å². The smallest absolute Gasteiger partial charge is 0.251 e. The van der Waals surface area contributed by atoms with Crippen LogP contribution in [0.15, 0.2) is 42.7 Å². The van der Waals surface area contributed by atoms with Gasteiger partial charge in [-0.3, -0.25) is 4.79 Å². The topological polar surface area (TPSA) is 67.2 Å². The molecule has 5 heteroatoms. The van der Waals surface area contributed by atoms with Crippen LogP contribution < -0.4 is 5.32 Å². The molecule has 1 atom stereocenters. The van der Waals surface area contributed by atoms with E-state index < -0.39 is 6.10 Å². The fraction of sp³-hybridized carbons (Fsp3) is 0.333. The van der Waals surface area contributed by atoms with Crippen LogP contribution in [0.3, 0.4) is 0 Å². The van der Waals surface area contributed by atoms with Crippen LogP contribution in [0, 0.1) is 0 Å². The lowest BCUT2D eigenvalue weighted by atomic mass is 10.1. The third-order valence-electron chi connectivity index (χ3n) is 3.00. The third-order valence-corrected chi connectivity index (χ3v) is 3.00. The summed E-state index contributed by atoms with van der Waals surface area (Å²) in [5.41, 5.74) is 1.39. The van der Waals surface area contributed by atoms with Crippen molar-refractivity contribution < 1.29 is 9.90 Å². The molecule has 0 aliphatic carbocycles. The highest BCUT2D eigenvalue weighted by molar-refractivity contribution is 5.94. The number of amides is 1. The number of rotatable bonds is 6. The van der Waals surface area contributed by atoms with Crippen LogP contribution in [-0.4, -0.2) is 33.4 Å². The van der Waals surface area contributed by atoms with E-state index in [0.717, 1.165) is 12.1 Å². The molecule has 0 saturated carbocycles. The molecule has 106 valence electrons. The van der Waals surface area contributed by atoms with Crippen molar-refractivity contribution in [2.75, 3.05) is 6.54 Å². The molecule has 0 bridgehead atoms. The zero-order valence-electron chi connectivity index (χ0n) is 11.5. The van der Waals surface area contributed by atoms with E-state index in [1.807, 2.05) is 31.3 Å². The monoisotopic (exact) mass is 273 g/mol. The summed E-state index contributed by atoms with van der Waals surface area (Å²) in [6.45, 7) is 2.28. The van der Waals surface area contributed by atoms with Crippen LogP contribution in [-0.2, 0) is 0 Å². The zero-order chi connectivity index (χ0) is 14.4. The molecule has 2 rings (SSSR count). The Bertz CT molecular complexity index is 552. The van der Waals surface area contributed by atoms with Crippen molar-refractivity contribution in [2.45, 2.75) is 25.9 Å². The number of benzene rings is 1. The average Bonchev–Trinajstić information content (AvgIpc) is 2.99. The summed E-state index contributed by atoms with van der Waals surface area (Å²) >= 11 is 0. The number of carbonyl (C=O) groups excluding carboxylic acids is 1. The van der Waals surface area contributed by atoms with Gasteiger partial charge in [0, 0.05) is 24.5 Å². The zero-order valence-corrected chi connectivity index (χ0v) is 11.5. The molecule has 20 heavy (non-hydrogen) atoms. The number of carbonyl (C=O) groups is 1. The molecule has 0 fully saturated rings. The fourth-order valence-corrected chi connectivity index (χ4v) is 1.96. The minimum absolute atomic E-state index is 0.186. The van der Waals surface area contributed by atoms with Gasteiger partial charge in [-0.15, -0.1) is 0 Å². The van der Waals surface area contributed by atoms with E-state index in [1.165, 1.54) is 0 Å². The number of aromatic nitrogens is 2. The van der Waals surface area contributed by atoms with Crippen molar-refractivity contribution in [3.63, 3.8) is 0 Å². The molecular weight excluding hydrogens is 254 g/mol. The van der Waals surface area contributed by atoms with Gasteiger partial charge in [0.15, 0.2) is 0 Å². The summed E-state index contributed by atoms with van der Waals surface area (Å²) in [5, 5.41) is 16.5. The quantitative estimate of drug-likeness (QED) is 0.842. The molecule has 0 radical (unpaired) electrons.